The zero-order valence-electron chi connectivity index (χ0n) is 7.02. The first-order valence-corrected chi connectivity index (χ1v) is 3.96. The van der Waals surface area contributed by atoms with Crippen molar-refractivity contribution in [3.63, 3.8) is 0 Å². The lowest BCUT2D eigenvalue weighted by Gasteiger charge is -2.04. The zero-order chi connectivity index (χ0) is 9.30. The normalized spacial score (nSPS) is 9.92. The number of primary amides is 1. The zero-order valence-corrected chi connectivity index (χ0v) is 7.77. The Kier molecular flexibility index (Phi) is 2.38. The second kappa shape index (κ2) is 3.15. The Morgan fingerprint density at radius 3 is 2.50 bits per heavy atom. The molecule has 2 N–H and O–H groups in total. The molecule has 0 heterocycles. The maximum Gasteiger partial charge on any atom is 0.249 e. The Bertz CT molecular complexity index is 334. The first-order chi connectivity index (χ1) is 5.52. The third-order valence-electron chi connectivity index (χ3n) is 1.75. The third-order valence-corrected chi connectivity index (χ3v) is 2.15. The van der Waals surface area contributed by atoms with Crippen LogP contribution in [0.5, 0.6) is 0 Å². The van der Waals surface area contributed by atoms with Gasteiger partial charge in [-0.3, -0.25) is 4.79 Å². The predicted octanol–water partition coefficient (Wildman–Crippen LogP) is 2.06. The number of rotatable bonds is 1. The average molecular weight is 184 g/mol. The van der Waals surface area contributed by atoms with Crippen molar-refractivity contribution in [2.75, 3.05) is 0 Å². The molecule has 1 aromatic rings. The minimum absolute atomic E-state index is 0.432. The summed E-state index contributed by atoms with van der Waals surface area (Å²) < 4.78 is 0. The third kappa shape index (κ3) is 1.59. The van der Waals surface area contributed by atoms with Crippen molar-refractivity contribution in [1.82, 2.24) is 0 Å². The minimum Gasteiger partial charge on any atom is -0.366 e. The van der Waals surface area contributed by atoms with Crippen LogP contribution < -0.4 is 5.73 Å². The Labute approximate surface area is 76.3 Å². The second-order valence-electron chi connectivity index (χ2n) is 2.78. The topological polar surface area (TPSA) is 43.1 Å². The van der Waals surface area contributed by atoms with Crippen molar-refractivity contribution < 1.29 is 4.79 Å². The van der Waals surface area contributed by atoms with Gasteiger partial charge < -0.3 is 5.73 Å². The summed E-state index contributed by atoms with van der Waals surface area (Å²) in [6.07, 6.45) is 0. The van der Waals surface area contributed by atoms with Crippen LogP contribution in [0.15, 0.2) is 12.1 Å². The summed E-state index contributed by atoms with van der Waals surface area (Å²) in [4.78, 5) is 10.9. The molecule has 0 aliphatic carbocycles. The molecule has 1 aromatic carbocycles. The number of nitrogens with two attached hydrogens (primary N) is 1. The number of halogens is 1. The molecule has 1 amide bonds. The smallest absolute Gasteiger partial charge is 0.249 e. The summed E-state index contributed by atoms with van der Waals surface area (Å²) in [6, 6.07) is 3.55. The van der Waals surface area contributed by atoms with Gasteiger partial charge in [-0.15, -0.1) is 0 Å². The Balaban J connectivity index is 3.37. The molecule has 0 bridgehead atoms. The van der Waals surface area contributed by atoms with E-state index in [1.807, 2.05) is 13.0 Å². The van der Waals surface area contributed by atoms with Crippen LogP contribution in [0, 0.1) is 13.8 Å². The molecule has 1 rings (SSSR count). The Morgan fingerprint density at radius 2 is 2.00 bits per heavy atom. The highest BCUT2D eigenvalue weighted by molar-refractivity contribution is 6.31. The van der Waals surface area contributed by atoms with Gasteiger partial charge in [0.2, 0.25) is 5.91 Å². The maximum atomic E-state index is 10.9. The van der Waals surface area contributed by atoms with E-state index in [0.717, 1.165) is 11.1 Å². The van der Waals surface area contributed by atoms with Gasteiger partial charge in [0.15, 0.2) is 0 Å². The summed E-state index contributed by atoms with van der Waals surface area (Å²) in [5, 5.41) is 0.587. The van der Waals surface area contributed by atoms with Crippen LogP contribution in [0.2, 0.25) is 5.02 Å². The van der Waals surface area contributed by atoms with Crippen LogP contribution in [0.4, 0.5) is 0 Å². The van der Waals surface area contributed by atoms with Gasteiger partial charge in [-0.05, 0) is 37.1 Å². The van der Waals surface area contributed by atoms with Crippen LogP contribution >= 0.6 is 11.6 Å². The number of amides is 1. The predicted molar refractivity (Wildman–Crippen MR) is 49.4 cm³/mol. The van der Waals surface area contributed by atoms with E-state index in [0.29, 0.717) is 10.6 Å². The monoisotopic (exact) mass is 183 g/mol. The van der Waals surface area contributed by atoms with E-state index in [1.54, 1.807) is 13.0 Å². The van der Waals surface area contributed by atoms with Gasteiger partial charge in [0.1, 0.15) is 0 Å². The van der Waals surface area contributed by atoms with Crippen LogP contribution in [0.1, 0.15) is 21.5 Å². The van der Waals surface area contributed by atoms with Crippen LogP contribution in [-0.2, 0) is 0 Å². The molecule has 0 aliphatic rings. The number of hydrogen-bond acceptors (Lipinski definition) is 1. The van der Waals surface area contributed by atoms with Gasteiger partial charge in [0.05, 0.1) is 0 Å². The molecule has 0 saturated carbocycles. The van der Waals surface area contributed by atoms with Crippen molar-refractivity contribution >= 4 is 17.5 Å². The number of hydrogen-bond donors (Lipinski definition) is 1. The SMILES string of the molecule is Cc1cc(Cl)c(C)c(C(N)=O)c1. The van der Waals surface area contributed by atoms with E-state index in [9.17, 15) is 4.79 Å². The summed E-state index contributed by atoms with van der Waals surface area (Å²) >= 11 is 5.86. The Hall–Kier alpha value is -1.02. The molecule has 3 heteroatoms. The molecule has 2 nitrogen and oxygen atoms in total. The molecule has 0 unspecified atom stereocenters. The molecule has 0 radical (unpaired) electrons. The van der Waals surface area contributed by atoms with Crippen molar-refractivity contribution in [3.8, 4) is 0 Å². The van der Waals surface area contributed by atoms with Gasteiger partial charge >= 0.3 is 0 Å². The summed E-state index contributed by atoms with van der Waals surface area (Å²) in [7, 11) is 0. The van der Waals surface area contributed by atoms with Gasteiger partial charge in [-0.2, -0.15) is 0 Å². The van der Waals surface area contributed by atoms with Crippen LogP contribution in [-0.4, -0.2) is 5.91 Å². The minimum atomic E-state index is -0.432. The molecule has 12 heavy (non-hydrogen) atoms. The van der Waals surface area contributed by atoms with Gasteiger partial charge in [-0.25, -0.2) is 0 Å². The molecule has 0 aliphatic heterocycles. The van der Waals surface area contributed by atoms with E-state index in [-0.39, 0.29) is 0 Å². The molecule has 0 spiro atoms. The van der Waals surface area contributed by atoms with Crippen LogP contribution in [0.3, 0.4) is 0 Å². The van der Waals surface area contributed by atoms with E-state index in [2.05, 4.69) is 0 Å². The molecule has 64 valence electrons. The fourth-order valence-corrected chi connectivity index (χ4v) is 1.34. The van der Waals surface area contributed by atoms with E-state index in [4.69, 9.17) is 17.3 Å². The Morgan fingerprint density at radius 1 is 1.42 bits per heavy atom. The number of benzene rings is 1. The van der Waals surface area contributed by atoms with E-state index < -0.39 is 5.91 Å². The van der Waals surface area contributed by atoms with Crippen molar-refractivity contribution in [2.24, 2.45) is 5.73 Å². The maximum absolute atomic E-state index is 10.9. The number of aryl methyl sites for hydroxylation is 1. The average Bonchev–Trinajstić information content (AvgIpc) is 1.96. The molecule has 0 atom stereocenters. The molecule has 0 saturated heterocycles. The summed E-state index contributed by atoms with van der Waals surface area (Å²) in [6.45, 7) is 3.65. The summed E-state index contributed by atoms with van der Waals surface area (Å²) in [5.74, 6) is -0.432. The molecular weight excluding hydrogens is 174 g/mol. The van der Waals surface area contributed by atoms with E-state index in [1.165, 1.54) is 0 Å². The quantitative estimate of drug-likeness (QED) is 0.712. The van der Waals surface area contributed by atoms with Gasteiger partial charge in [0.25, 0.3) is 0 Å². The fraction of sp³-hybridized carbons (Fsp3) is 0.222. The lowest BCUT2D eigenvalue weighted by atomic mass is 10.1. The lowest BCUT2D eigenvalue weighted by molar-refractivity contribution is 0.0999. The lowest BCUT2D eigenvalue weighted by Crippen LogP contribution is -2.13. The van der Waals surface area contributed by atoms with Gasteiger partial charge in [-0.1, -0.05) is 11.6 Å². The van der Waals surface area contributed by atoms with Crippen LogP contribution in [0.25, 0.3) is 0 Å². The van der Waals surface area contributed by atoms with Crippen molar-refractivity contribution in [3.05, 3.63) is 33.8 Å². The molecule has 0 aromatic heterocycles. The largest absolute Gasteiger partial charge is 0.366 e. The van der Waals surface area contributed by atoms with Crippen molar-refractivity contribution in [1.29, 1.82) is 0 Å². The highest BCUT2D eigenvalue weighted by Gasteiger charge is 2.07. The highest BCUT2D eigenvalue weighted by atomic mass is 35.5. The highest BCUT2D eigenvalue weighted by Crippen LogP contribution is 2.20. The van der Waals surface area contributed by atoms with E-state index >= 15 is 0 Å². The summed E-state index contributed by atoms with van der Waals surface area (Å²) in [5.41, 5.74) is 7.34. The second-order valence-corrected chi connectivity index (χ2v) is 3.19. The fourth-order valence-electron chi connectivity index (χ4n) is 1.07. The number of carbonyl (C=O) groups is 1. The van der Waals surface area contributed by atoms with Crippen molar-refractivity contribution in [2.45, 2.75) is 13.8 Å². The van der Waals surface area contributed by atoms with Gasteiger partial charge in [0, 0.05) is 10.6 Å². The molecule has 0 fully saturated rings. The molecular formula is C9H10ClNO. The standard InChI is InChI=1S/C9H10ClNO/c1-5-3-7(9(11)12)6(2)8(10)4-5/h3-4H,1-2H3,(H2,11,12). The first-order valence-electron chi connectivity index (χ1n) is 3.59. The first kappa shape index (κ1) is 9.07. The number of carbonyl (C=O) groups excluding carboxylic acids is 1.